The highest BCUT2D eigenvalue weighted by Gasteiger charge is 2.24. The van der Waals surface area contributed by atoms with Gasteiger partial charge in [0.05, 0.1) is 0 Å². The zero-order chi connectivity index (χ0) is 23.2. The predicted octanol–water partition coefficient (Wildman–Crippen LogP) is 8.70. The Bertz CT molecular complexity index is 976. The molecule has 166 valence electrons. The van der Waals surface area contributed by atoms with E-state index >= 15 is 0 Å². The standard InChI is InChI=1S/C16H26O.C13H12S/c1-8-11-9-12(15(2,3)4)10-13(14(11)17)16(5,6)7;1-11-7-5-6-10-13(11)14-12-8-3-2-4-9-12/h9-10,17H,8H2,1-7H3;2-10H,1H3. The summed E-state index contributed by atoms with van der Waals surface area (Å²) in [7, 11) is 0. The van der Waals surface area contributed by atoms with Crippen LogP contribution in [0, 0.1) is 6.92 Å². The van der Waals surface area contributed by atoms with Gasteiger partial charge in [0.1, 0.15) is 5.75 Å². The van der Waals surface area contributed by atoms with Crippen LogP contribution < -0.4 is 0 Å². The summed E-state index contributed by atoms with van der Waals surface area (Å²) in [4.78, 5) is 2.63. The van der Waals surface area contributed by atoms with Crippen molar-refractivity contribution >= 4 is 11.8 Å². The molecule has 0 spiro atoms. The molecule has 0 amide bonds. The molecule has 0 saturated carbocycles. The van der Waals surface area contributed by atoms with Crippen LogP contribution in [0.2, 0.25) is 0 Å². The number of phenols is 1. The largest absolute Gasteiger partial charge is 0.507 e. The van der Waals surface area contributed by atoms with Gasteiger partial charge in [-0.05, 0) is 64.6 Å². The molecule has 0 heterocycles. The Hall–Kier alpha value is -2.19. The molecule has 2 heteroatoms. The summed E-state index contributed by atoms with van der Waals surface area (Å²) >= 11 is 1.81. The second kappa shape index (κ2) is 10.4. The molecule has 0 aliphatic heterocycles. The van der Waals surface area contributed by atoms with Crippen LogP contribution in [0.1, 0.15) is 70.7 Å². The van der Waals surface area contributed by atoms with Gasteiger partial charge in [-0.3, -0.25) is 0 Å². The maximum Gasteiger partial charge on any atom is 0.122 e. The van der Waals surface area contributed by atoms with Crippen LogP contribution >= 0.6 is 11.8 Å². The van der Waals surface area contributed by atoms with Crippen LogP contribution in [0.4, 0.5) is 0 Å². The molecule has 0 aliphatic rings. The van der Waals surface area contributed by atoms with Gasteiger partial charge in [0.2, 0.25) is 0 Å². The first-order valence-electron chi connectivity index (χ1n) is 11.1. The van der Waals surface area contributed by atoms with E-state index in [9.17, 15) is 5.11 Å². The first-order chi connectivity index (χ1) is 14.4. The average Bonchev–Trinajstić information content (AvgIpc) is 2.69. The Morgan fingerprint density at radius 3 is 1.87 bits per heavy atom. The highest BCUT2D eigenvalue weighted by molar-refractivity contribution is 7.99. The van der Waals surface area contributed by atoms with Gasteiger partial charge in [0.15, 0.2) is 0 Å². The summed E-state index contributed by atoms with van der Waals surface area (Å²) in [6.45, 7) is 17.3. The first-order valence-corrected chi connectivity index (χ1v) is 11.9. The zero-order valence-electron chi connectivity index (χ0n) is 20.4. The summed E-state index contributed by atoms with van der Waals surface area (Å²) in [6.07, 6.45) is 0.874. The molecule has 1 nitrogen and oxygen atoms in total. The molecule has 0 aromatic heterocycles. The van der Waals surface area contributed by atoms with Crippen molar-refractivity contribution in [2.24, 2.45) is 0 Å². The van der Waals surface area contributed by atoms with E-state index in [2.05, 4.69) is 116 Å². The van der Waals surface area contributed by atoms with Gasteiger partial charge in [0, 0.05) is 9.79 Å². The smallest absolute Gasteiger partial charge is 0.122 e. The Labute approximate surface area is 193 Å². The topological polar surface area (TPSA) is 20.2 Å². The van der Waals surface area contributed by atoms with Crippen LogP contribution in [0.5, 0.6) is 5.75 Å². The lowest BCUT2D eigenvalue weighted by atomic mass is 9.78. The molecule has 31 heavy (non-hydrogen) atoms. The Morgan fingerprint density at radius 2 is 1.35 bits per heavy atom. The molecule has 0 aliphatic carbocycles. The van der Waals surface area contributed by atoms with Gasteiger partial charge in [-0.2, -0.15) is 0 Å². The maximum atomic E-state index is 10.3. The van der Waals surface area contributed by atoms with Gasteiger partial charge in [-0.1, -0.05) is 109 Å². The summed E-state index contributed by atoms with van der Waals surface area (Å²) in [5.74, 6) is 0.480. The lowest BCUT2D eigenvalue weighted by molar-refractivity contribution is 0.438. The van der Waals surface area contributed by atoms with Gasteiger partial charge >= 0.3 is 0 Å². The van der Waals surface area contributed by atoms with Gasteiger partial charge in [0.25, 0.3) is 0 Å². The van der Waals surface area contributed by atoms with Crippen molar-refractivity contribution in [3.63, 3.8) is 0 Å². The summed E-state index contributed by atoms with van der Waals surface area (Å²) < 4.78 is 0. The van der Waals surface area contributed by atoms with Crippen LogP contribution in [-0.2, 0) is 17.3 Å². The monoisotopic (exact) mass is 434 g/mol. The second-order valence-electron chi connectivity index (χ2n) is 10.1. The summed E-state index contributed by atoms with van der Waals surface area (Å²) in [5, 5.41) is 10.3. The van der Waals surface area contributed by atoms with E-state index in [4.69, 9.17) is 0 Å². The van der Waals surface area contributed by atoms with Gasteiger partial charge in [-0.15, -0.1) is 0 Å². The minimum Gasteiger partial charge on any atom is -0.507 e. The molecular weight excluding hydrogens is 396 g/mol. The molecule has 3 rings (SSSR count). The third-order valence-electron chi connectivity index (χ3n) is 5.31. The molecule has 0 unspecified atom stereocenters. The van der Waals surface area contributed by atoms with Crippen molar-refractivity contribution in [3.8, 4) is 5.75 Å². The maximum absolute atomic E-state index is 10.3. The molecule has 0 radical (unpaired) electrons. The molecular formula is C29H38OS. The number of hydrogen-bond acceptors (Lipinski definition) is 2. The van der Waals surface area contributed by atoms with Gasteiger partial charge < -0.3 is 5.11 Å². The van der Waals surface area contributed by atoms with Crippen molar-refractivity contribution in [1.29, 1.82) is 0 Å². The highest BCUT2D eigenvalue weighted by atomic mass is 32.2. The molecule has 3 aromatic carbocycles. The van der Waals surface area contributed by atoms with Crippen LogP contribution in [0.15, 0.2) is 76.5 Å². The number of aromatic hydroxyl groups is 1. The number of hydrogen-bond donors (Lipinski definition) is 1. The van der Waals surface area contributed by atoms with Crippen LogP contribution in [0.3, 0.4) is 0 Å². The second-order valence-corrected chi connectivity index (χ2v) is 11.2. The molecule has 3 aromatic rings. The quantitative estimate of drug-likeness (QED) is 0.445. The van der Waals surface area contributed by atoms with Crippen molar-refractivity contribution in [2.75, 3.05) is 0 Å². The fraction of sp³-hybridized carbons (Fsp3) is 0.379. The van der Waals surface area contributed by atoms with Crippen molar-refractivity contribution in [1.82, 2.24) is 0 Å². The van der Waals surface area contributed by atoms with Crippen LogP contribution in [-0.4, -0.2) is 5.11 Å². The summed E-state index contributed by atoms with van der Waals surface area (Å²) in [5.41, 5.74) is 4.86. The molecule has 1 N–H and O–H groups in total. The van der Waals surface area contributed by atoms with E-state index in [1.54, 1.807) is 0 Å². The van der Waals surface area contributed by atoms with Gasteiger partial charge in [-0.25, -0.2) is 0 Å². The number of benzene rings is 3. The third-order valence-corrected chi connectivity index (χ3v) is 6.49. The Morgan fingerprint density at radius 1 is 0.774 bits per heavy atom. The number of phenolic OH excluding ortho intramolecular Hbond substituents is 1. The molecule has 0 fully saturated rings. The fourth-order valence-electron chi connectivity index (χ4n) is 3.26. The number of aryl methyl sites for hydroxylation is 2. The summed E-state index contributed by atoms with van der Waals surface area (Å²) in [6, 6.07) is 23.2. The van der Waals surface area contributed by atoms with E-state index in [0.717, 1.165) is 17.5 Å². The first kappa shape index (κ1) is 25.1. The lowest BCUT2D eigenvalue weighted by Gasteiger charge is -2.27. The van der Waals surface area contributed by atoms with Crippen LogP contribution in [0.25, 0.3) is 0 Å². The van der Waals surface area contributed by atoms with Crippen molar-refractivity contribution in [2.45, 2.75) is 82.4 Å². The van der Waals surface area contributed by atoms with E-state index in [1.165, 1.54) is 20.9 Å². The lowest BCUT2D eigenvalue weighted by Crippen LogP contribution is -2.17. The fourth-order valence-corrected chi connectivity index (χ4v) is 4.18. The SMILES string of the molecule is CCc1cc(C(C)(C)C)cc(C(C)(C)C)c1O.Cc1ccccc1Sc1ccccc1. The highest BCUT2D eigenvalue weighted by Crippen LogP contribution is 2.37. The van der Waals surface area contributed by atoms with Crippen molar-refractivity contribution < 1.29 is 5.11 Å². The minimum atomic E-state index is -0.0186. The zero-order valence-corrected chi connectivity index (χ0v) is 21.2. The molecule has 0 saturated heterocycles. The Kier molecular flexibility index (Phi) is 8.42. The third kappa shape index (κ3) is 7.18. The molecule has 0 atom stereocenters. The molecule has 0 bridgehead atoms. The van der Waals surface area contributed by atoms with E-state index < -0.39 is 0 Å². The average molecular weight is 435 g/mol. The number of rotatable bonds is 3. The Balaban J connectivity index is 0.000000224. The van der Waals surface area contributed by atoms with Crippen molar-refractivity contribution in [3.05, 3.63) is 89.0 Å². The van der Waals surface area contributed by atoms with E-state index in [1.807, 2.05) is 17.8 Å². The normalized spacial score (nSPS) is 11.6. The van der Waals surface area contributed by atoms with E-state index in [0.29, 0.717) is 5.75 Å². The minimum absolute atomic E-state index is 0.0186. The van der Waals surface area contributed by atoms with E-state index in [-0.39, 0.29) is 10.8 Å². The predicted molar refractivity (Wildman–Crippen MR) is 137 cm³/mol.